The van der Waals surface area contributed by atoms with Crippen molar-refractivity contribution >= 4 is 58.8 Å². The molecule has 1 aromatic heterocycles. The van der Waals surface area contributed by atoms with E-state index in [-0.39, 0.29) is 29.9 Å². The van der Waals surface area contributed by atoms with Gasteiger partial charge in [0.2, 0.25) is 5.91 Å². The first-order valence-corrected chi connectivity index (χ1v) is 10.8. The van der Waals surface area contributed by atoms with Crippen LogP contribution in [0.25, 0.3) is 0 Å². The number of rotatable bonds is 6. The normalized spacial score (nSPS) is 14.7. The number of thiazole rings is 1. The Hall–Kier alpha value is -1.39. The van der Waals surface area contributed by atoms with Crippen molar-refractivity contribution in [2.45, 2.75) is 26.8 Å². The van der Waals surface area contributed by atoms with Crippen LogP contribution in [0.1, 0.15) is 23.2 Å². The van der Waals surface area contributed by atoms with Gasteiger partial charge < -0.3 is 15.1 Å². The first-order chi connectivity index (χ1) is 13.5. The molecule has 1 fully saturated rings. The summed E-state index contributed by atoms with van der Waals surface area (Å²) in [4.78, 5) is 25.8. The number of guanidine groups is 1. The van der Waals surface area contributed by atoms with Gasteiger partial charge in [0.05, 0.1) is 17.2 Å². The van der Waals surface area contributed by atoms with E-state index in [1.807, 2.05) is 47.9 Å². The van der Waals surface area contributed by atoms with Crippen molar-refractivity contribution in [2.75, 3.05) is 32.7 Å². The van der Waals surface area contributed by atoms with Gasteiger partial charge >= 0.3 is 0 Å². The van der Waals surface area contributed by atoms with Crippen LogP contribution in [-0.2, 0) is 17.8 Å². The highest BCUT2D eigenvalue weighted by Crippen LogP contribution is 2.14. The maximum Gasteiger partial charge on any atom is 0.242 e. The molecule has 2 aromatic rings. The van der Waals surface area contributed by atoms with Gasteiger partial charge in [-0.1, -0.05) is 23.7 Å². The number of amides is 1. The SMILES string of the molecule is CCNC(=NCCc1csc(C)n1)N1CCN(Cc2ccc(Cl)cc2)C(=O)C1.I. The second-order valence-corrected chi connectivity index (χ2v) is 8.21. The molecular weight excluding hydrogens is 521 g/mol. The van der Waals surface area contributed by atoms with Crippen LogP contribution in [-0.4, -0.2) is 59.4 Å². The van der Waals surface area contributed by atoms with E-state index in [2.05, 4.69) is 15.7 Å². The van der Waals surface area contributed by atoms with Crippen molar-refractivity contribution in [1.29, 1.82) is 0 Å². The Kier molecular flexibility index (Phi) is 9.64. The van der Waals surface area contributed by atoms with Crippen molar-refractivity contribution < 1.29 is 4.79 Å². The van der Waals surface area contributed by atoms with E-state index in [4.69, 9.17) is 16.6 Å². The number of benzene rings is 1. The molecule has 0 atom stereocenters. The zero-order chi connectivity index (χ0) is 19.9. The molecule has 1 aliphatic rings. The molecule has 1 aliphatic heterocycles. The fourth-order valence-corrected chi connectivity index (χ4v) is 3.87. The van der Waals surface area contributed by atoms with Crippen LogP contribution >= 0.6 is 46.9 Å². The van der Waals surface area contributed by atoms with E-state index < -0.39 is 0 Å². The predicted molar refractivity (Wildman–Crippen MR) is 130 cm³/mol. The highest BCUT2D eigenvalue weighted by molar-refractivity contribution is 14.0. The van der Waals surface area contributed by atoms with Crippen LogP contribution < -0.4 is 5.32 Å². The first kappa shape index (κ1) is 23.9. The minimum absolute atomic E-state index is 0. The van der Waals surface area contributed by atoms with Crippen LogP contribution in [0.3, 0.4) is 0 Å². The van der Waals surface area contributed by atoms with Gasteiger partial charge in [0.25, 0.3) is 0 Å². The number of carbonyl (C=O) groups is 1. The van der Waals surface area contributed by atoms with Gasteiger partial charge in [-0.2, -0.15) is 0 Å². The van der Waals surface area contributed by atoms with Crippen molar-refractivity contribution in [3.63, 3.8) is 0 Å². The van der Waals surface area contributed by atoms with Gasteiger partial charge in [0, 0.05) is 49.5 Å². The maximum absolute atomic E-state index is 12.6. The topological polar surface area (TPSA) is 60.8 Å². The molecule has 6 nitrogen and oxygen atoms in total. The molecule has 158 valence electrons. The van der Waals surface area contributed by atoms with Crippen LogP contribution in [0.2, 0.25) is 5.02 Å². The summed E-state index contributed by atoms with van der Waals surface area (Å²) in [7, 11) is 0. The average molecular weight is 548 g/mol. The first-order valence-electron chi connectivity index (χ1n) is 9.51. The second-order valence-electron chi connectivity index (χ2n) is 6.71. The largest absolute Gasteiger partial charge is 0.357 e. The number of aryl methyl sites for hydroxylation is 1. The summed E-state index contributed by atoms with van der Waals surface area (Å²) in [5.74, 6) is 0.913. The van der Waals surface area contributed by atoms with Crippen molar-refractivity contribution in [3.05, 3.63) is 50.9 Å². The van der Waals surface area contributed by atoms with Crippen LogP contribution in [0, 0.1) is 6.92 Å². The Balaban J connectivity index is 0.00000300. The number of hydrogen-bond acceptors (Lipinski definition) is 4. The third kappa shape index (κ3) is 7.11. The molecule has 0 bridgehead atoms. The summed E-state index contributed by atoms with van der Waals surface area (Å²) in [5.41, 5.74) is 2.16. The van der Waals surface area contributed by atoms with E-state index in [1.54, 1.807) is 11.3 Å². The molecule has 0 spiro atoms. The Morgan fingerprint density at radius 2 is 2.07 bits per heavy atom. The fraction of sp³-hybridized carbons (Fsp3) is 0.450. The number of hydrogen-bond donors (Lipinski definition) is 1. The minimum Gasteiger partial charge on any atom is -0.357 e. The van der Waals surface area contributed by atoms with Gasteiger partial charge in [0.1, 0.15) is 0 Å². The summed E-state index contributed by atoms with van der Waals surface area (Å²) in [6.45, 7) is 7.88. The standard InChI is InChI=1S/C20H26ClN5OS.HI/c1-3-22-20(23-9-8-18-14-28-15(2)24-18)26-11-10-25(19(27)13-26)12-16-4-6-17(21)7-5-16;/h4-7,14H,3,8-13H2,1-2H3,(H,22,23);1H. The molecule has 9 heteroatoms. The second kappa shape index (κ2) is 11.7. The smallest absolute Gasteiger partial charge is 0.242 e. The van der Waals surface area contributed by atoms with Crippen molar-refractivity contribution in [2.24, 2.45) is 4.99 Å². The van der Waals surface area contributed by atoms with Gasteiger partial charge in [0.15, 0.2) is 5.96 Å². The summed E-state index contributed by atoms with van der Waals surface area (Å²) >= 11 is 7.60. The highest BCUT2D eigenvalue weighted by atomic mass is 127. The molecule has 2 heterocycles. The Bertz CT molecular complexity index is 827. The number of aromatic nitrogens is 1. The van der Waals surface area contributed by atoms with E-state index in [1.165, 1.54) is 0 Å². The number of piperazine rings is 1. The lowest BCUT2D eigenvalue weighted by Crippen LogP contribution is -2.55. The molecule has 1 N–H and O–H groups in total. The molecule has 1 amide bonds. The molecule has 0 aliphatic carbocycles. The molecule has 0 radical (unpaired) electrons. The lowest BCUT2D eigenvalue weighted by molar-refractivity contribution is -0.135. The molecule has 1 aromatic carbocycles. The fourth-order valence-electron chi connectivity index (χ4n) is 3.09. The number of aliphatic imine (C=N–C) groups is 1. The lowest BCUT2D eigenvalue weighted by Gasteiger charge is -2.36. The number of halogens is 2. The van der Waals surface area contributed by atoms with Gasteiger partial charge in [-0.25, -0.2) is 4.98 Å². The van der Waals surface area contributed by atoms with Crippen LogP contribution in [0.4, 0.5) is 0 Å². The minimum atomic E-state index is 0. The molecule has 0 unspecified atom stereocenters. The average Bonchev–Trinajstić information content (AvgIpc) is 3.09. The van der Waals surface area contributed by atoms with E-state index in [0.717, 1.165) is 41.7 Å². The van der Waals surface area contributed by atoms with Gasteiger partial charge in [-0.15, -0.1) is 35.3 Å². The van der Waals surface area contributed by atoms with E-state index in [9.17, 15) is 4.79 Å². The molecule has 0 saturated carbocycles. The highest BCUT2D eigenvalue weighted by Gasteiger charge is 2.25. The number of carbonyl (C=O) groups excluding carboxylic acids is 1. The summed E-state index contributed by atoms with van der Waals surface area (Å²) in [6, 6.07) is 7.65. The monoisotopic (exact) mass is 547 g/mol. The molecule has 3 rings (SSSR count). The summed E-state index contributed by atoms with van der Waals surface area (Å²) < 4.78 is 0. The van der Waals surface area contributed by atoms with E-state index >= 15 is 0 Å². The van der Waals surface area contributed by atoms with Gasteiger partial charge in [-0.3, -0.25) is 9.79 Å². The Morgan fingerprint density at radius 1 is 1.31 bits per heavy atom. The quantitative estimate of drug-likeness (QED) is 0.341. The Labute approximate surface area is 198 Å². The molecule has 29 heavy (non-hydrogen) atoms. The summed E-state index contributed by atoms with van der Waals surface area (Å²) in [6.07, 6.45) is 0.809. The zero-order valence-corrected chi connectivity index (χ0v) is 20.6. The predicted octanol–water partition coefficient (Wildman–Crippen LogP) is 3.58. The van der Waals surface area contributed by atoms with Crippen molar-refractivity contribution in [3.8, 4) is 0 Å². The Morgan fingerprint density at radius 3 is 2.69 bits per heavy atom. The van der Waals surface area contributed by atoms with E-state index in [0.29, 0.717) is 31.2 Å². The van der Waals surface area contributed by atoms with Gasteiger partial charge in [-0.05, 0) is 31.5 Å². The third-order valence-electron chi connectivity index (χ3n) is 4.54. The number of nitrogens with one attached hydrogen (secondary N) is 1. The summed E-state index contributed by atoms with van der Waals surface area (Å²) in [5, 5.41) is 7.17. The lowest BCUT2D eigenvalue weighted by atomic mass is 10.2. The number of nitrogens with zero attached hydrogens (tertiary/aromatic N) is 4. The maximum atomic E-state index is 12.6. The van der Waals surface area contributed by atoms with Crippen LogP contribution in [0.15, 0.2) is 34.6 Å². The van der Waals surface area contributed by atoms with Crippen molar-refractivity contribution in [1.82, 2.24) is 20.1 Å². The third-order valence-corrected chi connectivity index (χ3v) is 5.61. The molecular formula is C20H27ClIN5OS. The van der Waals surface area contributed by atoms with Crippen LogP contribution in [0.5, 0.6) is 0 Å². The zero-order valence-electron chi connectivity index (χ0n) is 16.7. The molecule has 1 saturated heterocycles.